The largest absolute Gasteiger partial charge is 0.360 e. The number of nitro benzene ring substituents is 1. The van der Waals surface area contributed by atoms with E-state index in [1.54, 1.807) is 7.05 Å². The summed E-state index contributed by atoms with van der Waals surface area (Å²) in [7, 11) is 1.58. The van der Waals surface area contributed by atoms with Crippen LogP contribution in [0.1, 0.15) is 16.7 Å². The highest BCUT2D eigenvalue weighted by Crippen LogP contribution is 2.30. The first kappa shape index (κ1) is 20.0. The van der Waals surface area contributed by atoms with Gasteiger partial charge in [0.05, 0.1) is 28.7 Å². The number of amides is 1. The fourth-order valence-electron chi connectivity index (χ4n) is 3.40. The zero-order valence-electron chi connectivity index (χ0n) is 16.6. The smallest absolute Gasteiger partial charge is 0.293 e. The molecule has 29 heavy (non-hydrogen) atoms. The molecule has 0 aliphatic rings. The Labute approximate surface area is 166 Å². The Morgan fingerprint density at radius 1 is 1.21 bits per heavy atom. The SMILES string of the molecule is Cc1cc(C)c(NC(=O)CN(C)c2cc3nc[nH]c(=O)c3cc2[N+](=O)[O-])c(C)c1. The van der Waals surface area contributed by atoms with Gasteiger partial charge >= 0.3 is 0 Å². The summed E-state index contributed by atoms with van der Waals surface area (Å²) in [5.41, 5.74) is 3.50. The number of nitrogens with zero attached hydrogens (tertiary/aromatic N) is 3. The number of aryl methyl sites for hydroxylation is 3. The van der Waals surface area contributed by atoms with Crippen molar-refractivity contribution in [2.45, 2.75) is 20.8 Å². The summed E-state index contributed by atoms with van der Waals surface area (Å²) in [6.07, 6.45) is 1.23. The zero-order chi connectivity index (χ0) is 21.3. The maximum Gasteiger partial charge on any atom is 0.293 e. The lowest BCUT2D eigenvalue weighted by molar-refractivity contribution is -0.384. The predicted octanol–water partition coefficient (Wildman–Crippen LogP) is 2.83. The lowest BCUT2D eigenvalue weighted by Gasteiger charge is -2.20. The van der Waals surface area contributed by atoms with Crippen LogP contribution < -0.4 is 15.8 Å². The first-order valence-electron chi connectivity index (χ1n) is 8.92. The number of rotatable bonds is 5. The molecule has 3 aromatic rings. The number of aromatic amines is 1. The first-order chi connectivity index (χ1) is 13.7. The maximum absolute atomic E-state index is 12.6. The van der Waals surface area contributed by atoms with Gasteiger partial charge < -0.3 is 15.2 Å². The van der Waals surface area contributed by atoms with Crippen molar-refractivity contribution in [1.82, 2.24) is 9.97 Å². The van der Waals surface area contributed by atoms with Crippen molar-refractivity contribution in [3.05, 3.63) is 67.8 Å². The Hall–Kier alpha value is -3.75. The molecule has 1 amide bonds. The van der Waals surface area contributed by atoms with Gasteiger partial charge in [-0.3, -0.25) is 19.7 Å². The Morgan fingerprint density at radius 2 is 1.86 bits per heavy atom. The molecule has 0 aliphatic carbocycles. The monoisotopic (exact) mass is 395 g/mol. The van der Waals surface area contributed by atoms with Gasteiger partial charge in [0.25, 0.3) is 11.2 Å². The number of hydrogen-bond donors (Lipinski definition) is 2. The molecule has 9 nitrogen and oxygen atoms in total. The molecular formula is C20H21N5O4. The summed E-state index contributed by atoms with van der Waals surface area (Å²) in [5, 5.41) is 14.5. The van der Waals surface area contributed by atoms with E-state index in [9.17, 15) is 19.7 Å². The number of nitro groups is 1. The maximum atomic E-state index is 12.6. The second-order valence-electron chi connectivity index (χ2n) is 7.02. The van der Waals surface area contributed by atoms with E-state index >= 15 is 0 Å². The summed E-state index contributed by atoms with van der Waals surface area (Å²) < 4.78 is 0. The Kier molecular flexibility index (Phi) is 5.31. The van der Waals surface area contributed by atoms with Crippen LogP contribution in [0.15, 0.2) is 35.4 Å². The number of anilines is 2. The third-order valence-electron chi connectivity index (χ3n) is 4.67. The standard InChI is InChI=1S/C20H21N5O4/c1-11-5-12(2)19(13(3)6-11)23-18(26)9-24(4)16-8-15-14(7-17(16)25(28)29)20(27)22-10-21-15/h5-8,10H,9H2,1-4H3,(H,23,26)(H,21,22,27). The van der Waals surface area contributed by atoms with Crippen molar-refractivity contribution >= 4 is 33.9 Å². The van der Waals surface area contributed by atoms with Gasteiger partial charge in [-0.15, -0.1) is 0 Å². The van der Waals surface area contributed by atoms with Gasteiger partial charge in [0.15, 0.2) is 0 Å². The number of fused-ring (bicyclic) bond motifs is 1. The van der Waals surface area contributed by atoms with Crippen LogP contribution in [-0.2, 0) is 4.79 Å². The van der Waals surface area contributed by atoms with Gasteiger partial charge in [0.2, 0.25) is 5.91 Å². The van der Waals surface area contributed by atoms with Gasteiger partial charge in [0.1, 0.15) is 5.69 Å². The van der Waals surface area contributed by atoms with Crippen LogP contribution in [0.2, 0.25) is 0 Å². The number of aromatic nitrogens is 2. The van der Waals surface area contributed by atoms with Crippen LogP contribution in [-0.4, -0.2) is 34.4 Å². The van der Waals surface area contributed by atoms with Crippen LogP contribution in [0.4, 0.5) is 17.1 Å². The third kappa shape index (κ3) is 4.08. The molecule has 2 aromatic carbocycles. The van der Waals surface area contributed by atoms with E-state index in [0.29, 0.717) is 5.52 Å². The number of hydrogen-bond acceptors (Lipinski definition) is 6. The minimum atomic E-state index is -0.579. The highest BCUT2D eigenvalue weighted by Gasteiger charge is 2.22. The summed E-state index contributed by atoms with van der Waals surface area (Å²) in [6, 6.07) is 6.57. The number of benzene rings is 2. The second kappa shape index (κ2) is 7.70. The number of carbonyl (C=O) groups is 1. The van der Waals surface area contributed by atoms with E-state index in [0.717, 1.165) is 22.4 Å². The molecule has 0 unspecified atom stereocenters. The fourth-order valence-corrected chi connectivity index (χ4v) is 3.40. The highest BCUT2D eigenvalue weighted by atomic mass is 16.6. The van der Waals surface area contributed by atoms with E-state index in [2.05, 4.69) is 15.3 Å². The first-order valence-corrected chi connectivity index (χ1v) is 8.92. The minimum absolute atomic E-state index is 0.109. The second-order valence-corrected chi connectivity index (χ2v) is 7.02. The van der Waals surface area contributed by atoms with Crippen LogP contribution in [0.5, 0.6) is 0 Å². The van der Waals surface area contributed by atoms with Crippen LogP contribution in [0.25, 0.3) is 10.9 Å². The van der Waals surface area contributed by atoms with Crippen LogP contribution >= 0.6 is 0 Å². The quantitative estimate of drug-likeness (QED) is 0.506. The Balaban J connectivity index is 1.90. The molecule has 1 aromatic heterocycles. The molecular weight excluding hydrogens is 374 g/mol. The molecule has 0 radical (unpaired) electrons. The van der Waals surface area contributed by atoms with Crippen LogP contribution in [0, 0.1) is 30.9 Å². The molecule has 0 saturated heterocycles. The van der Waals surface area contributed by atoms with E-state index in [1.807, 2.05) is 32.9 Å². The topological polar surface area (TPSA) is 121 Å². The summed E-state index contributed by atoms with van der Waals surface area (Å²) >= 11 is 0. The number of carbonyl (C=O) groups excluding carboxylic acids is 1. The van der Waals surface area contributed by atoms with Crippen molar-refractivity contribution in [2.75, 3.05) is 23.8 Å². The molecule has 0 atom stereocenters. The molecule has 0 fully saturated rings. The molecule has 9 heteroatoms. The van der Waals surface area contributed by atoms with E-state index < -0.39 is 10.5 Å². The van der Waals surface area contributed by atoms with Gasteiger partial charge in [-0.05, 0) is 38.0 Å². The van der Waals surface area contributed by atoms with Gasteiger partial charge in [-0.1, -0.05) is 17.7 Å². The molecule has 0 spiro atoms. The molecule has 2 N–H and O–H groups in total. The van der Waals surface area contributed by atoms with Crippen LogP contribution in [0.3, 0.4) is 0 Å². The Morgan fingerprint density at radius 3 is 2.48 bits per heavy atom. The van der Waals surface area contributed by atoms with E-state index in [4.69, 9.17) is 0 Å². The summed E-state index contributed by atoms with van der Waals surface area (Å²) in [5.74, 6) is -0.309. The van der Waals surface area contributed by atoms with E-state index in [-0.39, 0.29) is 29.2 Å². The number of likely N-dealkylation sites (N-methyl/N-ethyl adjacent to an activating group) is 1. The van der Waals surface area contributed by atoms with Gasteiger partial charge in [0, 0.05) is 18.8 Å². The van der Waals surface area contributed by atoms with E-state index in [1.165, 1.54) is 23.4 Å². The van der Waals surface area contributed by atoms with Crippen molar-refractivity contribution < 1.29 is 9.72 Å². The van der Waals surface area contributed by atoms with Crippen molar-refractivity contribution in [1.29, 1.82) is 0 Å². The third-order valence-corrected chi connectivity index (χ3v) is 4.67. The molecule has 0 aliphatic heterocycles. The summed E-state index contributed by atoms with van der Waals surface area (Å²) in [6.45, 7) is 5.70. The molecule has 3 rings (SSSR count). The predicted molar refractivity (Wildman–Crippen MR) is 112 cm³/mol. The van der Waals surface area contributed by atoms with Gasteiger partial charge in [-0.25, -0.2) is 4.98 Å². The van der Waals surface area contributed by atoms with Crippen molar-refractivity contribution in [2.24, 2.45) is 0 Å². The minimum Gasteiger partial charge on any atom is -0.360 e. The highest BCUT2D eigenvalue weighted by molar-refractivity contribution is 5.96. The molecule has 0 saturated carbocycles. The summed E-state index contributed by atoms with van der Waals surface area (Å²) in [4.78, 5) is 43.4. The fraction of sp³-hybridized carbons (Fsp3) is 0.250. The zero-order valence-corrected chi connectivity index (χ0v) is 16.6. The Bertz CT molecular complexity index is 1160. The average Bonchev–Trinajstić information content (AvgIpc) is 2.64. The average molecular weight is 395 g/mol. The number of nitrogens with one attached hydrogen (secondary N) is 2. The lowest BCUT2D eigenvalue weighted by atomic mass is 10.1. The normalized spacial score (nSPS) is 10.8. The van der Waals surface area contributed by atoms with Crippen molar-refractivity contribution in [3.8, 4) is 0 Å². The van der Waals surface area contributed by atoms with Crippen molar-refractivity contribution in [3.63, 3.8) is 0 Å². The lowest BCUT2D eigenvalue weighted by Crippen LogP contribution is -2.31. The molecule has 0 bridgehead atoms. The molecule has 1 heterocycles. The molecule has 150 valence electrons. The van der Waals surface area contributed by atoms with Gasteiger partial charge in [-0.2, -0.15) is 0 Å². The number of H-pyrrole nitrogens is 1.